The summed E-state index contributed by atoms with van der Waals surface area (Å²) in [5.74, 6) is 0.604. The van der Waals surface area contributed by atoms with Crippen molar-refractivity contribution in [2.75, 3.05) is 6.54 Å². The van der Waals surface area contributed by atoms with E-state index in [1.807, 2.05) is 17.0 Å². The Kier molecular flexibility index (Phi) is 3.72. The number of para-hydroxylation sites is 1. The lowest BCUT2D eigenvalue weighted by Crippen LogP contribution is -2.39. The minimum atomic E-state index is -0.0655. The molecule has 4 heterocycles. The van der Waals surface area contributed by atoms with Crippen LogP contribution in [0.5, 0.6) is 0 Å². The Balaban J connectivity index is 1.55. The van der Waals surface area contributed by atoms with Gasteiger partial charge in [-0.1, -0.05) is 32.0 Å². The van der Waals surface area contributed by atoms with Gasteiger partial charge >= 0.3 is 0 Å². The lowest BCUT2D eigenvalue weighted by Gasteiger charge is -2.33. The van der Waals surface area contributed by atoms with E-state index in [4.69, 9.17) is 0 Å². The van der Waals surface area contributed by atoms with Gasteiger partial charge in [-0.2, -0.15) is 10.1 Å². The number of fused-ring (bicyclic) bond motifs is 4. The van der Waals surface area contributed by atoms with E-state index in [1.54, 1.807) is 4.52 Å². The van der Waals surface area contributed by atoms with Gasteiger partial charge in [0.1, 0.15) is 12.0 Å². The molecule has 0 spiro atoms. The van der Waals surface area contributed by atoms with E-state index in [0.29, 0.717) is 18.0 Å². The molecule has 1 amide bonds. The van der Waals surface area contributed by atoms with Gasteiger partial charge in [-0.05, 0) is 37.0 Å². The van der Waals surface area contributed by atoms with Gasteiger partial charge in [0.2, 0.25) is 0 Å². The highest BCUT2D eigenvalue weighted by Crippen LogP contribution is 2.34. The molecule has 1 N–H and O–H groups in total. The van der Waals surface area contributed by atoms with E-state index in [0.717, 1.165) is 23.3 Å². The maximum Gasteiger partial charge on any atom is 0.273 e. The number of H-pyrrole nitrogens is 1. The third kappa shape index (κ3) is 2.42. The SMILES string of the molecule is CC(C)c1cc(C(=O)N2CCc3c([nH]c4ccccc34)[C@@H]2C)nc2ncnn12. The fourth-order valence-corrected chi connectivity index (χ4v) is 4.21. The molecule has 142 valence electrons. The minimum absolute atomic E-state index is 0.0398. The van der Waals surface area contributed by atoms with Crippen LogP contribution in [0.15, 0.2) is 36.7 Å². The van der Waals surface area contributed by atoms with Gasteiger partial charge < -0.3 is 9.88 Å². The van der Waals surface area contributed by atoms with Crippen molar-refractivity contribution in [1.29, 1.82) is 0 Å². The van der Waals surface area contributed by atoms with Gasteiger partial charge in [0, 0.05) is 23.1 Å². The van der Waals surface area contributed by atoms with Crippen molar-refractivity contribution >= 4 is 22.6 Å². The van der Waals surface area contributed by atoms with Crippen molar-refractivity contribution < 1.29 is 4.79 Å². The number of benzene rings is 1. The zero-order valence-electron chi connectivity index (χ0n) is 16.2. The quantitative estimate of drug-likeness (QED) is 0.582. The van der Waals surface area contributed by atoms with E-state index >= 15 is 0 Å². The van der Waals surface area contributed by atoms with Crippen LogP contribution in [0.1, 0.15) is 60.2 Å². The first-order valence-electron chi connectivity index (χ1n) is 9.65. The molecule has 0 saturated carbocycles. The third-order valence-electron chi connectivity index (χ3n) is 5.69. The number of carbonyl (C=O) groups is 1. The average Bonchev–Trinajstić information content (AvgIpc) is 3.31. The van der Waals surface area contributed by atoms with Gasteiger partial charge in [0.15, 0.2) is 0 Å². The van der Waals surface area contributed by atoms with Crippen molar-refractivity contribution in [3.63, 3.8) is 0 Å². The van der Waals surface area contributed by atoms with Gasteiger partial charge in [-0.25, -0.2) is 9.50 Å². The van der Waals surface area contributed by atoms with Crippen LogP contribution in [0.25, 0.3) is 16.7 Å². The molecule has 1 atom stereocenters. The highest BCUT2D eigenvalue weighted by Gasteiger charge is 2.32. The van der Waals surface area contributed by atoms with E-state index in [9.17, 15) is 4.79 Å². The zero-order valence-corrected chi connectivity index (χ0v) is 16.2. The number of nitrogens with one attached hydrogen (secondary N) is 1. The Hall–Kier alpha value is -3.22. The average molecular weight is 374 g/mol. The molecule has 0 aliphatic carbocycles. The van der Waals surface area contributed by atoms with E-state index in [2.05, 4.69) is 59.0 Å². The summed E-state index contributed by atoms with van der Waals surface area (Å²) in [6.45, 7) is 6.89. The molecular weight excluding hydrogens is 352 g/mol. The van der Waals surface area contributed by atoms with Crippen LogP contribution in [0.3, 0.4) is 0 Å². The molecule has 28 heavy (non-hydrogen) atoms. The second-order valence-electron chi connectivity index (χ2n) is 7.68. The van der Waals surface area contributed by atoms with Crippen LogP contribution < -0.4 is 0 Å². The van der Waals surface area contributed by atoms with Crippen molar-refractivity contribution in [2.45, 2.75) is 39.2 Å². The second kappa shape index (κ2) is 6.15. The predicted molar refractivity (Wildman–Crippen MR) is 106 cm³/mol. The molecule has 4 aromatic rings. The highest BCUT2D eigenvalue weighted by atomic mass is 16.2. The van der Waals surface area contributed by atoms with Gasteiger partial charge in [-0.15, -0.1) is 0 Å². The van der Waals surface area contributed by atoms with Gasteiger partial charge in [-0.3, -0.25) is 4.79 Å². The zero-order chi connectivity index (χ0) is 19.4. The van der Waals surface area contributed by atoms with E-state index in [-0.39, 0.29) is 17.9 Å². The lowest BCUT2D eigenvalue weighted by molar-refractivity contribution is 0.0668. The Morgan fingerprint density at radius 2 is 2.11 bits per heavy atom. The number of hydrogen-bond donors (Lipinski definition) is 1. The fourth-order valence-electron chi connectivity index (χ4n) is 4.21. The first-order chi connectivity index (χ1) is 13.5. The highest BCUT2D eigenvalue weighted by molar-refractivity contribution is 5.94. The van der Waals surface area contributed by atoms with Gasteiger partial charge in [0.25, 0.3) is 11.7 Å². The van der Waals surface area contributed by atoms with Crippen LogP contribution in [0.2, 0.25) is 0 Å². The predicted octanol–water partition coefficient (Wildman–Crippen LogP) is 3.49. The van der Waals surface area contributed by atoms with Crippen molar-refractivity contribution in [3.05, 3.63) is 59.3 Å². The molecular formula is C21H22N6O. The van der Waals surface area contributed by atoms with Gasteiger partial charge in [0.05, 0.1) is 11.7 Å². The molecule has 0 fully saturated rings. The second-order valence-corrected chi connectivity index (χ2v) is 7.68. The number of nitrogens with zero attached hydrogens (tertiary/aromatic N) is 5. The van der Waals surface area contributed by atoms with Crippen LogP contribution in [0, 0.1) is 0 Å². The Morgan fingerprint density at radius 1 is 1.29 bits per heavy atom. The summed E-state index contributed by atoms with van der Waals surface area (Å²) in [6, 6.07) is 10.1. The molecule has 1 aliphatic rings. The van der Waals surface area contributed by atoms with Crippen LogP contribution in [-0.2, 0) is 6.42 Å². The van der Waals surface area contributed by atoms with Crippen molar-refractivity contribution in [1.82, 2.24) is 29.5 Å². The molecule has 0 unspecified atom stereocenters. The maximum absolute atomic E-state index is 13.4. The molecule has 7 heteroatoms. The third-order valence-corrected chi connectivity index (χ3v) is 5.69. The minimum Gasteiger partial charge on any atom is -0.356 e. The molecule has 0 bridgehead atoms. The molecule has 0 saturated heterocycles. The standard InChI is InChI=1S/C21H22N6O/c1-12(2)18-10-17(25-21-22-11-23-27(18)21)20(28)26-9-8-15-14-6-4-5-7-16(14)24-19(15)13(26)3/h4-7,10-13,24H,8-9H2,1-3H3/t13-/m0/s1. The summed E-state index contributed by atoms with van der Waals surface area (Å²) >= 11 is 0. The summed E-state index contributed by atoms with van der Waals surface area (Å²) in [4.78, 5) is 27.5. The summed E-state index contributed by atoms with van der Waals surface area (Å²) in [5, 5.41) is 5.49. The summed E-state index contributed by atoms with van der Waals surface area (Å²) in [7, 11) is 0. The van der Waals surface area contributed by atoms with E-state index in [1.165, 1.54) is 17.3 Å². The molecule has 7 nitrogen and oxygen atoms in total. The van der Waals surface area contributed by atoms with Crippen molar-refractivity contribution in [3.8, 4) is 0 Å². The summed E-state index contributed by atoms with van der Waals surface area (Å²) in [5.41, 5.74) is 4.92. The first kappa shape index (κ1) is 16.9. The maximum atomic E-state index is 13.4. The Morgan fingerprint density at radius 3 is 2.93 bits per heavy atom. The number of carbonyl (C=O) groups excluding carboxylic acids is 1. The van der Waals surface area contributed by atoms with Crippen LogP contribution >= 0.6 is 0 Å². The summed E-state index contributed by atoms with van der Waals surface area (Å²) < 4.78 is 1.71. The molecule has 1 aliphatic heterocycles. The number of amides is 1. The smallest absolute Gasteiger partial charge is 0.273 e. The van der Waals surface area contributed by atoms with Crippen LogP contribution in [0.4, 0.5) is 0 Å². The molecule has 0 radical (unpaired) electrons. The normalized spacial score (nSPS) is 16.9. The largest absolute Gasteiger partial charge is 0.356 e. The van der Waals surface area contributed by atoms with Crippen molar-refractivity contribution in [2.24, 2.45) is 0 Å². The number of aromatic amines is 1. The monoisotopic (exact) mass is 374 g/mol. The number of aromatic nitrogens is 5. The molecule has 1 aromatic carbocycles. The Bertz CT molecular complexity index is 1200. The number of hydrogen-bond acceptors (Lipinski definition) is 4. The number of rotatable bonds is 2. The van der Waals surface area contributed by atoms with Crippen LogP contribution in [-0.4, -0.2) is 41.9 Å². The topological polar surface area (TPSA) is 79.2 Å². The fraction of sp³-hybridized carbons (Fsp3) is 0.333. The molecule has 3 aromatic heterocycles. The first-order valence-corrected chi connectivity index (χ1v) is 9.65. The molecule has 5 rings (SSSR count). The Labute approximate surface area is 162 Å². The van der Waals surface area contributed by atoms with E-state index < -0.39 is 0 Å². The summed E-state index contributed by atoms with van der Waals surface area (Å²) in [6.07, 6.45) is 2.31. The lowest BCUT2D eigenvalue weighted by atomic mass is 9.98.